The van der Waals surface area contributed by atoms with Gasteiger partial charge in [-0.2, -0.15) is 4.31 Å². The number of rotatable bonds is 23. The number of carbonyl (C=O) groups is 1. The van der Waals surface area contributed by atoms with Crippen LogP contribution in [0, 0.1) is 20.8 Å². The van der Waals surface area contributed by atoms with Crippen LogP contribution in [0.2, 0.25) is 51.4 Å². The maximum absolute atomic E-state index is 14.1. The monoisotopic (exact) mass is 869 g/mol. The number of methoxy groups -OCH3 is 1. The molecule has 2 atom stereocenters. The number of esters is 1. The van der Waals surface area contributed by atoms with Gasteiger partial charge in [-0.25, -0.2) is 8.42 Å². The molecule has 0 aromatic heterocycles. The molecule has 59 heavy (non-hydrogen) atoms. The van der Waals surface area contributed by atoms with E-state index in [9.17, 15) is 18.3 Å². The van der Waals surface area contributed by atoms with Crippen molar-refractivity contribution < 1.29 is 42.0 Å². The first-order chi connectivity index (χ1) is 27.5. The normalized spacial score (nSPS) is 15.3. The third-order valence-electron chi connectivity index (χ3n) is 10.8. The van der Waals surface area contributed by atoms with Gasteiger partial charge in [-0.1, -0.05) is 63.5 Å². The average molecular weight is 870 g/mol. The van der Waals surface area contributed by atoms with Gasteiger partial charge in [0.05, 0.1) is 31.5 Å². The highest BCUT2D eigenvalue weighted by molar-refractivity contribution is 7.89. The van der Waals surface area contributed by atoms with Gasteiger partial charge in [-0.3, -0.25) is 4.79 Å². The van der Waals surface area contributed by atoms with Gasteiger partial charge in [0.1, 0.15) is 31.1 Å². The van der Waals surface area contributed by atoms with Gasteiger partial charge in [0, 0.05) is 41.7 Å². The first-order valence-corrected chi connectivity index (χ1v) is 30.0. The first kappa shape index (κ1) is 48.6. The molecule has 0 heterocycles. The molecule has 1 aliphatic carbocycles. The van der Waals surface area contributed by atoms with Crippen molar-refractivity contribution >= 4 is 32.1 Å². The van der Waals surface area contributed by atoms with Gasteiger partial charge in [0.2, 0.25) is 10.0 Å². The van der Waals surface area contributed by atoms with Crippen LogP contribution in [-0.2, 0) is 35.4 Å². The maximum atomic E-state index is 14.1. The summed E-state index contributed by atoms with van der Waals surface area (Å²) in [5.74, 6) is 0.0395. The van der Waals surface area contributed by atoms with Crippen LogP contribution in [0.1, 0.15) is 78.5 Å². The lowest BCUT2D eigenvalue weighted by atomic mass is 9.90. The molecule has 3 aromatic rings. The van der Waals surface area contributed by atoms with Crippen molar-refractivity contribution in [1.82, 2.24) is 4.31 Å². The van der Waals surface area contributed by atoms with Crippen molar-refractivity contribution in [3.8, 4) is 22.6 Å². The fourth-order valence-electron chi connectivity index (χ4n) is 7.36. The smallest absolute Gasteiger partial charge is 0.306 e. The standard InChI is InChI=1S/C46H71NO9SSi2/c1-33-26-37(56-43-19-18-40-41(43)14-13-15-42(40)45-34(2)27-38(28-35(45)3)55-21-20-46(4,5)49)16-17-39(33)36(29-44(48)52-6)30-57(50,51)47(31-53-22-24-58(7,8)9)32-54-23-25-59(10,11)12/h13-17,26-28,36,43,49H,18-25,29-32H2,1-12H3/t36?,43-/m1/s1. The summed E-state index contributed by atoms with van der Waals surface area (Å²) in [5.41, 5.74) is 7.87. The summed E-state index contributed by atoms with van der Waals surface area (Å²) in [5, 5.41) is 10.1. The topological polar surface area (TPSA) is 121 Å². The van der Waals surface area contributed by atoms with E-state index in [-0.39, 0.29) is 31.7 Å². The highest BCUT2D eigenvalue weighted by Crippen LogP contribution is 2.43. The molecule has 0 amide bonds. The Hall–Kier alpha value is -3.05. The SMILES string of the molecule is COC(=O)CC(CS(=O)(=O)N(COCC[Si](C)(C)C)COCC[Si](C)(C)C)c1ccc(O[C@@H]2CCc3c(-c4c(C)cc(OCCC(C)(C)O)cc4C)cccc32)cc1C. The summed E-state index contributed by atoms with van der Waals surface area (Å²) in [6.07, 6.45) is 1.99. The van der Waals surface area contributed by atoms with E-state index in [1.54, 1.807) is 13.8 Å². The fourth-order valence-corrected chi connectivity index (χ4v) is 10.4. The zero-order valence-corrected chi connectivity index (χ0v) is 40.6. The van der Waals surface area contributed by atoms with Crippen molar-refractivity contribution in [1.29, 1.82) is 0 Å². The van der Waals surface area contributed by atoms with E-state index >= 15 is 0 Å². The number of ether oxygens (including phenoxy) is 5. The number of hydrogen-bond acceptors (Lipinski definition) is 9. The van der Waals surface area contributed by atoms with Crippen LogP contribution in [0.15, 0.2) is 48.5 Å². The second-order valence-electron chi connectivity index (χ2n) is 19.3. The third-order valence-corrected chi connectivity index (χ3v) is 16.1. The van der Waals surface area contributed by atoms with Gasteiger partial charge in [0.25, 0.3) is 0 Å². The minimum absolute atomic E-state index is 0.0941. The van der Waals surface area contributed by atoms with Gasteiger partial charge < -0.3 is 28.8 Å². The lowest BCUT2D eigenvalue weighted by Gasteiger charge is -2.27. The molecule has 0 radical (unpaired) electrons. The first-order valence-electron chi connectivity index (χ1n) is 21.0. The van der Waals surface area contributed by atoms with Crippen LogP contribution in [0.4, 0.5) is 0 Å². The molecule has 1 aliphatic rings. The summed E-state index contributed by atoms with van der Waals surface area (Å²) < 4.78 is 59.2. The van der Waals surface area contributed by atoms with E-state index in [0.717, 1.165) is 58.5 Å². The van der Waals surface area contributed by atoms with Crippen molar-refractivity contribution in [3.05, 3.63) is 81.9 Å². The molecule has 3 aromatic carbocycles. The number of aryl methyl sites for hydroxylation is 3. The zero-order chi connectivity index (χ0) is 43.8. The van der Waals surface area contributed by atoms with Crippen LogP contribution in [0.25, 0.3) is 11.1 Å². The van der Waals surface area contributed by atoms with Gasteiger partial charge >= 0.3 is 5.97 Å². The molecule has 0 spiro atoms. The summed E-state index contributed by atoms with van der Waals surface area (Å²) in [6, 6.07) is 18.1. The Balaban J connectivity index is 1.53. The van der Waals surface area contributed by atoms with Crippen LogP contribution in [0.5, 0.6) is 11.5 Å². The molecular weight excluding hydrogens is 799 g/mol. The molecule has 4 rings (SSSR count). The summed E-state index contributed by atoms with van der Waals surface area (Å²) >= 11 is 0. The van der Waals surface area contributed by atoms with E-state index in [2.05, 4.69) is 83.5 Å². The molecule has 10 nitrogen and oxygen atoms in total. The molecule has 1 N–H and O–H groups in total. The molecular formula is C46H71NO9SSi2. The predicted molar refractivity (Wildman–Crippen MR) is 244 cm³/mol. The highest BCUT2D eigenvalue weighted by atomic mass is 32.2. The van der Waals surface area contributed by atoms with Crippen molar-refractivity contribution in [2.45, 2.75) is 129 Å². The Morgan fingerprint density at radius 1 is 0.864 bits per heavy atom. The fraction of sp³-hybridized carbons (Fsp3) is 0.587. The largest absolute Gasteiger partial charge is 0.493 e. The number of benzene rings is 3. The van der Waals surface area contributed by atoms with Crippen LogP contribution < -0.4 is 9.47 Å². The Bertz CT molecular complexity index is 1940. The van der Waals surface area contributed by atoms with Crippen LogP contribution >= 0.6 is 0 Å². The molecule has 0 saturated carbocycles. The van der Waals surface area contributed by atoms with Gasteiger partial charge in [-0.05, 0) is 128 Å². The predicted octanol–water partition coefficient (Wildman–Crippen LogP) is 9.79. The molecule has 0 bridgehead atoms. The second kappa shape index (κ2) is 20.7. The van der Waals surface area contributed by atoms with E-state index in [0.29, 0.717) is 32.0 Å². The molecule has 1 unspecified atom stereocenters. The van der Waals surface area contributed by atoms with Crippen molar-refractivity contribution in [2.24, 2.45) is 0 Å². The average Bonchev–Trinajstić information content (AvgIpc) is 3.51. The minimum Gasteiger partial charge on any atom is -0.493 e. The second-order valence-corrected chi connectivity index (χ2v) is 32.5. The van der Waals surface area contributed by atoms with Crippen molar-refractivity contribution in [2.75, 3.05) is 46.1 Å². The quantitative estimate of drug-likeness (QED) is 0.0430. The number of fused-ring (bicyclic) bond motifs is 1. The molecule has 0 fully saturated rings. The Labute approximate surface area is 357 Å². The number of carbonyl (C=O) groups excluding carboxylic acids is 1. The summed E-state index contributed by atoms with van der Waals surface area (Å²) in [4.78, 5) is 12.7. The number of hydrogen-bond donors (Lipinski definition) is 1. The van der Waals surface area contributed by atoms with Crippen LogP contribution in [-0.4, -0.2) is 91.7 Å². The van der Waals surface area contributed by atoms with Gasteiger partial charge in [-0.15, -0.1) is 0 Å². The van der Waals surface area contributed by atoms with Crippen LogP contribution in [0.3, 0.4) is 0 Å². The molecule has 13 heteroatoms. The van der Waals surface area contributed by atoms with E-state index in [1.807, 2.05) is 25.1 Å². The molecule has 0 aliphatic heterocycles. The van der Waals surface area contributed by atoms with Gasteiger partial charge in [0.15, 0.2) is 0 Å². The van der Waals surface area contributed by atoms with E-state index in [1.165, 1.54) is 28.1 Å². The lowest BCUT2D eigenvalue weighted by Crippen LogP contribution is -2.39. The minimum atomic E-state index is -3.93. The number of aliphatic hydroxyl groups is 1. The molecule has 328 valence electrons. The summed E-state index contributed by atoms with van der Waals surface area (Å²) in [7, 11) is -5.37. The molecule has 0 saturated heterocycles. The van der Waals surface area contributed by atoms with E-state index < -0.39 is 43.7 Å². The number of nitrogens with zero attached hydrogens (tertiary/aromatic N) is 1. The Morgan fingerprint density at radius 2 is 1.46 bits per heavy atom. The maximum Gasteiger partial charge on any atom is 0.306 e. The Morgan fingerprint density at radius 3 is 2.00 bits per heavy atom. The number of sulfonamides is 1. The van der Waals surface area contributed by atoms with Crippen molar-refractivity contribution in [3.63, 3.8) is 0 Å². The summed E-state index contributed by atoms with van der Waals surface area (Å²) in [6.45, 7) is 24.4. The zero-order valence-electron chi connectivity index (χ0n) is 37.8. The lowest BCUT2D eigenvalue weighted by molar-refractivity contribution is -0.140. The Kier molecular flexibility index (Phi) is 17.0. The third kappa shape index (κ3) is 15.1. The van der Waals surface area contributed by atoms with E-state index in [4.69, 9.17) is 23.7 Å². The highest BCUT2D eigenvalue weighted by Gasteiger charge is 2.32.